The van der Waals surface area contributed by atoms with Crippen molar-refractivity contribution in [2.75, 3.05) is 39.6 Å². The van der Waals surface area contributed by atoms with Crippen molar-refractivity contribution in [1.82, 2.24) is 0 Å². The van der Waals surface area contributed by atoms with Gasteiger partial charge in [-0.2, -0.15) is 0 Å². The first kappa shape index (κ1) is 80.1. The molecule has 0 aliphatic carbocycles. The fourth-order valence-electron chi connectivity index (χ4n) is 9.25. The van der Waals surface area contributed by atoms with Gasteiger partial charge in [0.1, 0.15) is 19.3 Å². The van der Waals surface area contributed by atoms with Crippen LogP contribution in [0.3, 0.4) is 0 Å². The molecule has 0 rings (SSSR count). The first-order valence-corrected chi connectivity index (χ1v) is 35.7. The van der Waals surface area contributed by atoms with Crippen LogP contribution < -0.4 is 0 Å². The van der Waals surface area contributed by atoms with Crippen molar-refractivity contribution < 1.29 is 80.2 Å². The second-order valence-corrected chi connectivity index (χ2v) is 27.6. The van der Waals surface area contributed by atoms with Crippen LogP contribution in [0, 0.1) is 23.7 Å². The Bertz CT molecular complexity index is 1640. The second kappa shape index (κ2) is 53.3. The SMILES string of the molecule is CC(C)CCCCCCCCCCCC(=O)O[C@H](COC(=O)CCCCCCCCC(C)C)COP(=O)(O)OC[C@H](O)COP(=O)(O)OC[C@@H](COC(=O)CCCCCCCCCC(C)C)OC(=O)CCCCCCCCCCC(C)C. The summed E-state index contributed by atoms with van der Waals surface area (Å²) in [6, 6.07) is 0. The van der Waals surface area contributed by atoms with Crippen molar-refractivity contribution in [3.8, 4) is 0 Å². The number of ether oxygens (including phenoxy) is 4. The van der Waals surface area contributed by atoms with E-state index in [2.05, 4.69) is 55.4 Å². The van der Waals surface area contributed by atoms with Crippen molar-refractivity contribution in [1.29, 1.82) is 0 Å². The first-order valence-electron chi connectivity index (χ1n) is 32.7. The van der Waals surface area contributed by atoms with Crippen LogP contribution in [0.15, 0.2) is 0 Å². The van der Waals surface area contributed by atoms with E-state index in [1.807, 2.05) is 0 Å². The van der Waals surface area contributed by atoms with Crippen molar-refractivity contribution >= 4 is 39.5 Å². The van der Waals surface area contributed by atoms with Crippen molar-refractivity contribution in [3.63, 3.8) is 0 Å². The lowest BCUT2D eigenvalue weighted by atomic mass is 10.0. The van der Waals surface area contributed by atoms with E-state index in [0.717, 1.165) is 115 Å². The molecule has 0 fully saturated rings. The van der Waals surface area contributed by atoms with Gasteiger partial charge < -0.3 is 33.8 Å². The third kappa shape index (κ3) is 57.2. The molecule has 0 aliphatic rings. The predicted octanol–water partition coefficient (Wildman–Crippen LogP) is 17.0. The largest absolute Gasteiger partial charge is 0.472 e. The summed E-state index contributed by atoms with van der Waals surface area (Å²) in [6.45, 7) is 13.9. The molecule has 0 aromatic carbocycles. The standard InChI is InChI=1S/C63H122O17P2/c1-53(2)39-31-23-15-10-9-11-18-29-37-45-62(67)79-59(50-74-61(66)44-36-28-22-21-26-34-42-56(7)8)52-78-82(71,72)76-48-57(64)47-75-81(69,70)77-51-58(49-73-60(65)43-35-27-20-14-17-25-33-41-55(5)6)80-63(68)46-38-30-19-13-12-16-24-32-40-54(3)4/h53-59,64H,9-52H2,1-8H3,(H,69,70)(H,71,72)/t57-,58-,59-/m1/s1. The minimum atomic E-state index is -4.94. The van der Waals surface area contributed by atoms with Crippen molar-refractivity contribution in [2.24, 2.45) is 23.7 Å². The number of carbonyl (C=O) groups is 4. The Morgan fingerprint density at radius 2 is 0.512 bits per heavy atom. The summed E-state index contributed by atoms with van der Waals surface area (Å²) in [5.41, 5.74) is 0. The van der Waals surface area contributed by atoms with Gasteiger partial charge >= 0.3 is 39.5 Å². The maximum absolute atomic E-state index is 13.0. The maximum Gasteiger partial charge on any atom is 0.472 e. The number of hydrogen-bond donors (Lipinski definition) is 3. The van der Waals surface area contributed by atoms with Crippen LogP contribution >= 0.6 is 15.6 Å². The number of carbonyl (C=O) groups excluding carboxylic acids is 4. The monoisotopic (exact) mass is 1210 g/mol. The Morgan fingerprint density at radius 1 is 0.305 bits per heavy atom. The van der Waals surface area contributed by atoms with Gasteiger partial charge in [0.25, 0.3) is 0 Å². The van der Waals surface area contributed by atoms with Crippen LogP contribution in [0.1, 0.15) is 299 Å². The summed E-state index contributed by atoms with van der Waals surface area (Å²) >= 11 is 0. The van der Waals surface area contributed by atoms with E-state index < -0.39 is 97.5 Å². The molecule has 82 heavy (non-hydrogen) atoms. The highest BCUT2D eigenvalue weighted by atomic mass is 31.2. The summed E-state index contributed by atoms with van der Waals surface area (Å²) < 4.78 is 67.9. The fourth-order valence-corrected chi connectivity index (χ4v) is 10.8. The van der Waals surface area contributed by atoms with Crippen molar-refractivity contribution in [2.45, 2.75) is 318 Å². The van der Waals surface area contributed by atoms with Gasteiger partial charge in [-0.15, -0.1) is 0 Å². The quantitative estimate of drug-likeness (QED) is 0.0222. The lowest BCUT2D eigenvalue weighted by Crippen LogP contribution is -2.30. The Labute approximate surface area is 498 Å². The number of phosphoric acid groups is 2. The molecule has 0 amide bonds. The van der Waals surface area contributed by atoms with Crippen molar-refractivity contribution in [3.05, 3.63) is 0 Å². The van der Waals surface area contributed by atoms with Gasteiger partial charge in [0, 0.05) is 25.7 Å². The molecule has 0 radical (unpaired) electrons. The molecule has 19 heteroatoms. The molecule has 0 aromatic heterocycles. The third-order valence-electron chi connectivity index (χ3n) is 14.3. The van der Waals surface area contributed by atoms with E-state index in [-0.39, 0.29) is 25.7 Å². The Kier molecular flexibility index (Phi) is 52.0. The number of unbranched alkanes of at least 4 members (excludes halogenated alkanes) is 26. The van der Waals surface area contributed by atoms with Crippen LogP contribution in [-0.4, -0.2) is 96.7 Å². The maximum atomic E-state index is 13.0. The summed E-state index contributed by atoms with van der Waals surface area (Å²) in [7, 11) is -9.89. The van der Waals surface area contributed by atoms with E-state index >= 15 is 0 Å². The van der Waals surface area contributed by atoms with Gasteiger partial charge in [0.2, 0.25) is 0 Å². The summed E-state index contributed by atoms with van der Waals surface area (Å²) in [6.07, 6.45) is 32.4. The number of esters is 4. The van der Waals surface area contributed by atoms with E-state index in [0.29, 0.717) is 37.5 Å². The van der Waals surface area contributed by atoms with E-state index in [1.54, 1.807) is 0 Å². The van der Waals surface area contributed by atoms with Crippen LogP contribution in [0.4, 0.5) is 0 Å². The molecule has 0 saturated heterocycles. The van der Waals surface area contributed by atoms with Gasteiger partial charge in [0.15, 0.2) is 12.2 Å². The molecule has 486 valence electrons. The number of hydrogen-bond acceptors (Lipinski definition) is 15. The zero-order valence-corrected chi connectivity index (χ0v) is 54.9. The average molecular weight is 1210 g/mol. The Morgan fingerprint density at radius 3 is 0.756 bits per heavy atom. The van der Waals surface area contributed by atoms with Gasteiger partial charge in [-0.25, -0.2) is 9.13 Å². The lowest BCUT2D eigenvalue weighted by molar-refractivity contribution is -0.161. The van der Waals surface area contributed by atoms with Gasteiger partial charge in [-0.3, -0.25) is 37.3 Å². The smallest absolute Gasteiger partial charge is 0.462 e. The molecular weight excluding hydrogens is 1090 g/mol. The first-order chi connectivity index (χ1) is 39.1. The average Bonchev–Trinajstić information content (AvgIpc) is 3.41. The molecule has 0 heterocycles. The minimum Gasteiger partial charge on any atom is -0.462 e. The normalized spacial score (nSPS) is 14.5. The second-order valence-electron chi connectivity index (χ2n) is 24.7. The molecule has 0 aliphatic heterocycles. The number of aliphatic hydroxyl groups is 1. The Hall–Kier alpha value is -1.94. The molecule has 5 atom stereocenters. The topological polar surface area (TPSA) is 237 Å². The summed E-state index contributed by atoms with van der Waals surface area (Å²) in [4.78, 5) is 72.1. The molecule has 17 nitrogen and oxygen atoms in total. The zero-order chi connectivity index (χ0) is 61.1. The molecule has 3 N–H and O–H groups in total. The van der Waals surface area contributed by atoms with Crippen LogP contribution in [0.25, 0.3) is 0 Å². The molecule has 0 spiro atoms. The van der Waals surface area contributed by atoms with E-state index in [4.69, 9.17) is 37.0 Å². The molecular formula is C63H122O17P2. The van der Waals surface area contributed by atoms with Crippen LogP contribution in [0.2, 0.25) is 0 Å². The zero-order valence-electron chi connectivity index (χ0n) is 53.1. The third-order valence-corrected chi connectivity index (χ3v) is 16.2. The number of rotatable bonds is 60. The highest BCUT2D eigenvalue weighted by Gasteiger charge is 2.30. The van der Waals surface area contributed by atoms with Gasteiger partial charge in [-0.05, 0) is 49.4 Å². The molecule has 0 aromatic rings. The highest BCUT2D eigenvalue weighted by Crippen LogP contribution is 2.45. The number of phosphoric ester groups is 2. The molecule has 2 unspecified atom stereocenters. The summed E-state index contributed by atoms with van der Waals surface area (Å²) in [5.74, 6) is 0.695. The predicted molar refractivity (Wildman–Crippen MR) is 326 cm³/mol. The van der Waals surface area contributed by atoms with E-state index in [9.17, 15) is 43.2 Å². The lowest BCUT2D eigenvalue weighted by Gasteiger charge is -2.21. The highest BCUT2D eigenvalue weighted by molar-refractivity contribution is 7.47. The fraction of sp³-hybridized carbons (Fsp3) is 0.937. The molecule has 0 saturated carbocycles. The molecule has 0 bridgehead atoms. The Balaban J connectivity index is 5.25. The minimum absolute atomic E-state index is 0.103. The van der Waals surface area contributed by atoms with Gasteiger partial charge in [0.05, 0.1) is 26.4 Å². The van der Waals surface area contributed by atoms with E-state index in [1.165, 1.54) is 89.9 Å². The summed E-state index contributed by atoms with van der Waals surface area (Å²) in [5, 5.41) is 10.5. The van der Waals surface area contributed by atoms with Crippen LogP contribution in [-0.2, 0) is 65.4 Å². The van der Waals surface area contributed by atoms with Crippen LogP contribution in [0.5, 0.6) is 0 Å². The van der Waals surface area contributed by atoms with Gasteiger partial charge in [-0.1, -0.05) is 248 Å². The number of aliphatic hydroxyl groups excluding tert-OH is 1.